The number of sulfonamides is 1. The number of halogens is 1. The molecule has 0 aliphatic rings. The summed E-state index contributed by atoms with van der Waals surface area (Å²) in [6.07, 6.45) is 1.56. The second-order valence-corrected chi connectivity index (χ2v) is 6.84. The number of aromatic nitrogens is 1. The fourth-order valence-electron chi connectivity index (χ4n) is 1.57. The van der Waals surface area contributed by atoms with Crippen LogP contribution in [0.4, 0.5) is 5.69 Å². The number of nitrogens with one attached hydrogen (secondary N) is 1. The van der Waals surface area contributed by atoms with Gasteiger partial charge in [0, 0.05) is 29.0 Å². The Labute approximate surface area is 131 Å². The topological polar surface area (TPSA) is 94.3 Å². The number of hydrogen-bond donors (Lipinski definition) is 2. The number of nitrogens with zero attached hydrogens (tertiary/aromatic N) is 1. The fraction of sp³-hybridized carbons (Fsp3) is 0.154. The Kier molecular flexibility index (Phi) is 4.81. The number of anilines is 1. The van der Waals surface area contributed by atoms with Crippen molar-refractivity contribution in [3.05, 3.63) is 46.6 Å². The van der Waals surface area contributed by atoms with Crippen molar-refractivity contribution in [2.75, 3.05) is 12.8 Å². The van der Waals surface area contributed by atoms with Crippen LogP contribution in [0.3, 0.4) is 0 Å². The third-order valence-electron chi connectivity index (χ3n) is 2.76. The second kappa shape index (κ2) is 6.42. The Morgan fingerprint density at radius 1 is 1.33 bits per heavy atom. The van der Waals surface area contributed by atoms with Crippen molar-refractivity contribution in [2.24, 2.45) is 0 Å². The molecule has 0 unspecified atom stereocenters. The lowest BCUT2D eigenvalue weighted by atomic mass is 10.3. The standard InChI is InChI=1S/C13H14BrN3O3S/c1-20-13-5-2-9(7-16-13)8-17-21(18,19)10-3-4-12(15)11(14)6-10/h2-7,17H,8,15H2,1H3. The van der Waals surface area contributed by atoms with Crippen LogP contribution in [0.5, 0.6) is 5.88 Å². The summed E-state index contributed by atoms with van der Waals surface area (Å²) in [4.78, 5) is 4.16. The maximum absolute atomic E-state index is 12.2. The van der Waals surface area contributed by atoms with Gasteiger partial charge < -0.3 is 10.5 Å². The molecule has 8 heteroatoms. The van der Waals surface area contributed by atoms with E-state index in [1.807, 2.05) is 0 Å². The number of hydrogen-bond acceptors (Lipinski definition) is 5. The van der Waals surface area contributed by atoms with Crippen LogP contribution in [0.15, 0.2) is 45.9 Å². The first-order valence-corrected chi connectivity index (χ1v) is 8.23. The Morgan fingerprint density at radius 3 is 2.67 bits per heavy atom. The zero-order valence-electron chi connectivity index (χ0n) is 11.2. The summed E-state index contributed by atoms with van der Waals surface area (Å²) in [5.41, 5.74) is 6.85. The van der Waals surface area contributed by atoms with Crippen molar-refractivity contribution in [1.29, 1.82) is 0 Å². The van der Waals surface area contributed by atoms with Crippen LogP contribution in [-0.4, -0.2) is 20.5 Å². The molecule has 0 saturated heterocycles. The van der Waals surface area contributed by atoms with Gasteiger partial charge in [0.2, 0.25) is 15.9 Å². The van der Waals surface area contributed by atoms with Crippen LogP contribution in [0.2, 0.25) is 0 Å². The van der Waals surface area contributed by atoms with Crippen molar-refractivity contribution in [3.8, 4) is 5.88 Å². The molecule has 6 nitrogen and oxygen atoms in total. The highest BCUT2D eigenvalue weighted by Crippen LogP contribution is 2.23. The Balaban J connectivity index is 2.11. The molecule has 21 heavy (non-hydrogen) atoms. The summed E-state index contributed by atoms with van der Waals surface area (Å²) in [5.74, 6) is 0.476. The van der Waals surface area contributed by atoms with Gasteiger partial charge in [-0.2, -0.15) is 0 Å². The number of rotatable bonds is 5. The van der Waals surface area contributed by atoms with E-state index in [2.05, 4.69) is 25.6 Å². The molecular formula is C13H14BrN3O3S. The molecule has 3 N–H and O–H groups in total. The molecule has 2 aromatic rings. The lowest BCUT2D eigenvalue weighted by Gasteiger charge is -2.08. The van der Waals surface area contributed by atoms with E-state index in [0.29, 0.717) is 16.0 Å². The lowest BCUT2D eigenvalue weighted by Crippen LogP contribution is -2.23. The molecule has 0 spiro atoms. The zero-order valence-corrected chi connectivity index (χ0v) is 13.6. The third kappa shape index (κ3) is 3.93. The number of ether oxygens (including phenoxy) is 1. The van der Waals surface area contributed by atoms with E-state index >= 15 is 0 Å². The smallest absolute Gasteiger partial charge is 0.240 e. The average molecular weight is 372 g/mol. The molecule has 0 amide bonds. The van der Waals surface area contributed by atoms with E-state index in [-0.39, 0.29) is 11.4 Å². The van der Waals surface area contributed by atoms with Crippen LogP contribution >= 0.6 is 15.9 Å². The maximum Gasteiger partial charge on any atom is 0.240 e. The van der Waals surface area contributed by atoms with Gasteiger partial charge in [-0.1, -0.05) is 6.07 Å². The van der Waals surface area contributed by atoms with E-state index in [1.54, 1.807) is 18.3 Å². The lowest BCUT2D eigenvalue weighted by molar-refractivity contribution is 0.397. The molecule has 0 bridgehead atoms. The van der Waals surface area contributed by atoms with Crippen LogP contribution in [-0.2, 0) is 16.6 Å². The van der Waals surface area contributed by atoms with Crippen LogP contribution in [0.1, 0.15) is 5.56 Å². The molecule has 0 radical (unpaired) electrons. The normalized spacial score (nSPS) is 11.3. The summed E-state index contributed by atoms with van der Waals surface area (Å²) in [5, 5.41) is 0. The van der Waals surface area contributed by atoms with E-state index in [0.717, 1.165) is 5.56 Å². The summed E-state index contributed by atoms with van der Waals surface area (Å²) in [6.45, 7) is 0.140. The van der Waals surface area contributed by atoms with Gasteiger partial charge in [0.05, 0.1) is 12.0 Å². The van der Waals surface area contributed by atoms with Crippen molar-refractivity contribution in [1.82, 2.24) is 9.71 Å². The Bertz CT molecular complexity index is 733. The van der Waals surface area contributed by atoms with Crippen LogP contribution < -0.4 is 15.2 Å². The van der Waals surface area contributed by atoms with Crippen molar-refractivity contribution in [3.63, 3.8) is 0 Å². The minimum atomic E-state index is -3.61. The molecule has 1 aromatic heterocycles. The van der Waals surface area contributed by atoms with E-state index in [4.69, 9.17) is 10.5 Å². The number of methoxy groups -OCH3 is 1. The molecule has 1 heterocycles. The first kappa shape index (κ1) is 15.7. The molecule has 2 rings (SSSR count). The predicted octanol–water partition coefficient (Wildman–Crippen LogP) is 1.91. The van der Waals surface area contributed by atoms with Crippen LogP contribution in [0.25, 0.3) is 0 Å². The Morgan fingerprint density at radius 2 is 2.10 bits per heavy atom. The fourth-order valence-corrected chi connectivity index (χ4v) is 3.15. The highest BCUT2D eigenvalue weighted by atomic mass is 79.9. The summed E-state index contributed by atoms with van der Waals surface area (Å²) in [6, 6.07) is 7.86. The second-order valence-electron chi connectivity index (χ2n) is 4.22. The maximum atomic E-state index is 12.2. The first-order valence-electron chi connectivity index (χ1n) is 5.96. The summed E-state index contributed by atoms with van der Waals surface area (Å²) >= 11 is 3.21. The van der Waals surface area contributed by atoms with Crippen molar-refractivity contribution < 1.29 is 13.2 Å². The molecule has 0 fully saturated rings. The van der Waals surface area contributed by atoms with Gasteiger partial charge in [0.1, 0.15) is 0 Å². The molecule has 0 aliphatic heterocycles. The number of benzene rings is 1. The Hall–Kier alpha value is -1.64. The summed E-state index contributed by atoms with van der Waals surface area (Å²) in [7, 11) is -2.09. The van der Waals surface area contributed by atoms with Gasteiger partial charge >= 0.3 is 0 Å². The molecule has 0 atom stereocenters. The molecule has 0 saturated carbocycles. The highest BCUT2D eigenvalue weighted by molar-refractivity contribution is 9.10. The number of nitrogen functional groups attached to an aromatic ring is 1. The first-order chi connectivity index (χ1) is 9.92. The molecular weight excluding hydrogens is 358 g/mol. The van der Waals surface area contributed by atoms with Crippen LogP contribution in [0, 0.1) is 0 Å². The average Bonchev–Trinajstić information content (AvgIpc) is 2.48. The predicted molar refractivity (Wildman–Crippen MR) is 83.4 cm³/mol. The zero-order chi connectivity index (χ0) is 15.5. The van der Waals surface area contributed by atoms with Gasteiger partial charge in [-0.05, 0) is 39.7 Å². The number of pyridine rings is 1. The summed E-state index contributed by atoms with van der Waals surface area (Å²) < 4.78 is 32.3. The molecule has 1 aromatic carbocycles. The van der Waals surface area contributed by atoms with Gasteiger partial charge in [-0.3, -0.25) is 0 Å². The largest absolute Gasteiger partial charge is 0.481 e. The minimum absolute atomic E-state index is 0.140. The van der Waals surface area contributed by atoms with Gasteiger partial charge in [0.15, 0.2) is 0 Å². The van der Waals surface area contributed by atoms with E-state index < -0.39 is 10.0 Å². The molecule has 112 valence electrons. The van der Waals surface area contributed by atoms with E-state index in [1.165, 1.54) is 25.3 Å². The van der Waals surface area contributed by atoms with Gasteiger partial charge in [-0.25, -0.2) is 18.1 Å². The monoisotopic (exact) mass is 371 g/mol. The van der Waals surface area contributed by atoms with E-state index in [9.17, 15) is 8.42 Å². The SMILES string of the molecule is COc1ccc(CNS(=O)(=O)c2ccc(N)c(Br)c2)cn1. The quantitative estimate of drug-likeness (QED) is 0.782. The van der Waals surface area contributed by atoms with Crippen molar-refractivity contribution >= 4 is 31.6 Å². The van der Waals surface area contributed by atoms with Gasteiger partial charge in [0.25, 0.3) is 0 Å². The minimum Gasteiger partial charge on any atom is -0.481 e. The van der Waals surface area contributed by atoms with Crippen molar-refractivity contribution in [2.45, 2.75) is 11.4 Å². The van der Waals surface area contributed by atoms with Gasteiger partial charge in [-0.15, -0.1) is 0 Å². The highest BCUT2D eigenvalue weighted by Gasteiger charge is 2.14. The number of nitrogens with two attached hydrogens (primary N) is 1. The third-order valence-corrected chi connectivity index (χ3v) is 4.84. The molecule has 0 aliphatic carbocycles.